The number of thiazole rings is 1. The average molecular weight is 477 g/mol. The predicted molar refractivity (Wildman–Crippen MR) is 118 cm³/mol. The van der Waals surface area contributed by atoms with E-state index in [-0.39, 0.29) is 28.6 Å². The molecule has 4 rings (SSSR count). The van der Waals surface area contributed by atoms with Gasteiger partial charge in [-0.1, -0.05) is 0 Å². The minimum Gasteiger partial charge on any atom is -0.495 e. The number of halogens is 1. The van der Waals surface area contributed by atoms with Crippen molar-refractivity contribution in [2.45, 2.75) is 24.3 Å². The summed E-state index contributed by atoms with van der Waals surface area (Å²) < 4.78 is 51.0. The molecule has 2 heterocycles. The van der Waals surface area contributed by atoms with Crippen molar-refractivity contribution in [3.8, 4) is 16.3 Å². The smallest absolute Gasteiger partial charge is 0.338 e. The van der Waals surface area contributed by atoms with Gasteiger partial charge >= 0.3 is 5.97 Å². The van der Waals surface area contributed by atoms with E-state index in [2.05, 4.69) is 4.98 Å². The summed E-state index contributed by atoms with van der Waals surface area (Å²) in [6.45, 7) is 0.817. The molecular weight excluding hydrogens is 455 g/mol. The Morgan fingerprint density at radius 1 is 1.16 bits per heavy atom. The van der Waals surface area contributed by atoms with Crippen molar-refractivity contribution in [1.82, 2.24) is 9.29 Å². The number of aromatic nitrogens is 1. The summed E-state index contributed by atoms with van der Waals surface area (Å²) >= 11 is 1.35. The summed E-state index contributed by atoms with van der Waals surface area (Å²) in [7, 11) is -2.39. The van der Waals surface area contributed by atoms with Crippen LogP contribution in [0.25, 0.3) is 10.6 Å². The predicted octanol–water partition coefficient (Wildman–Crippen LogP) is 4.10. The molecule has 0 saturated carbocycles. The third kappa shape index (κ3) is 4.67. The van der Waals surface area contributed by atoms with Gasteiger partial charge in [0.15, 0.2) is 0 Å². The first kappa shape index (κ1) is 22.4. The van der Waals surface area contributed by atoms with Crippen LogP contribution < -0.4 is 4.74 Å². The fourth-order valence-corrected chi connectivity index (χ4v) is 5.90. The van der Waals surface area contributed by atoms with E-state index in [1.165, 1.54) is 53.1 Å². The van der Waals surface area contributed by atoms with Crippen molar-refractivity contribution in [3.05, 3.63) is 64.9 Å². The van der Waals surface area contributed by atoms with Crippen LogP contribution in [-0.2, 0) is 21.4 Å². The first-order chi connectivity index (χ1) is 15.4. The van der Waals surface area contributed by atoms with Crippen molar-refractivity contribution < 1.29 is 27.1 Å². The van der Waals surface area contributed by atoms with E-state index in [0.29, 0.717) is 23.8 Å². The number of hydrogen-bond acceptors (Lipinski definition) is 7. The van der Waals surface area contributed by atoms with Gasteiger partial charge in [0.1, 0.15) is 28.1 Å². The molecule has 0 unspecified atom stereocenters. The largest absolute Gasteiger partial charge is 0.495 e. The normalized spacial score (nSPS) is 14.4. The summed E-state index contributed by atoms with van der Waals surface area (Å²) in [5, 5.41) is 2.43. The van der Waals surface area contributed by atoms with Crippen LogP contribution in [0, 0.1) is 5.82 Å². The lowest BCUT2D eigenvalue weighted by atomic mass is 10.2. The summed E-state index contributed by atoms with van der Waals surface area (Å²) in [6, 6.07) is 10.2. The second-order valence-electron chi connectivity index (χ2n) is 7.20. The van der Waals surface area contributed by atoms with Gasteiger partial charge in [0.25, 0.3) is 0 Å². The van der Waals surface area contributed by atoms with Crippen LogP contribution in [0.2, 0.25) is 0 Å². The summed E-state index contributed by atoms with van der Waals surface area (Å²) in [4.78, 5) is 17.0. The van der Waals surface area contributed by atoms with E-state index in [1.54, 1.807) is 17.5 Å². The number of methoxy groups -OCH3 is 1. The zero-order valence-corrected chi connectivity index (χ0v) is 18.9. The van der Waals surface area contributed by atoms with Gasteiger partial charge in [0.05, 0.1) is 18.4 Å². The van der Waals surface area contributed by atoms with Crippen LogP contribution >= 0.6 is 11.3 Å². The first-order valence-corrected chi connectivity index (χ1v) is 12.3. The second-order valence-corrected chi connectivity index (χ2v) is 9.97. The first-order valence-electron chi connectivity index (χ1n) is 9.94. The average Bonchev–Trinajstić information content (AvgIpc) is 3.50. The van der Waals surface area contributed by atoms with E-state index in [0.717, 1.165) is 18.4 Å². The Balaban J connectivity index is 1.49. The highest BCUT2D eigenvalue weighted by atomic mass is 32.2. The number of carbonyl (C=O) groups excluding carboxylic acids is 1. The number of hydrogen-bond donors (Lipinski definition) is 0. The molecule has 0 N–H and O–H groups in total. The summed E-state index contributed by atoms with van der Waals surface area (Å²) in [5.74, 6) is -0.816. The van der Waals surface area contributed by atoms with Crippen LogP contribution in [0.4, 0.5) is 4.39 Å². The van der Waals surface area contributed by atoms with Crippen molar-refractivity contribution in [1.29, 1.82) is 0 Å². The molecule has 7 nitrogen and oxygen atoms in total. The summed E-state index contributed by atoms with van der Waals surface area (Å²) in [5.41, 5.74) is 1.42. The van der Waals surface area contributed by atoms with Gasteiger partial charge in [-0.25, -0.2) is 22.6 Å². The van der Waals surface area contributed by atoms with Crippen LogP contribution in [-0.4, -0.2) is 43.9 Å². The van der Waals surface area contributed by atoms with E-state index in [4.69, 9.17) is 9.47 Å². The molecule has 3 aromatic rings. The maximum atomic E-state index is 13.1. The zero-order chi connectivity index (χ0) is 22.7. The molecule has 0 bridgehead atoms. The number of sulfonamides is 1. The lowest BCUT2D eigenvalue weighted by Gasteiger charge is -2.18. The molecule has 1 aliphatic rings. The molecule has 1 saturated heterocycles. The molecule has 0 aliphatic carbocycles. The standard InChI is InChI=1S/C22H21FN2O5S2/c1-29-19-9-6-16(12-20(19)32(27,28)25-10-2-3-11-25)22(26)30-13-18-14-31-21(24-18)15-4-7-17(23)8-5-15/h4-9,12,14H,2-3,10-11,13H2,1H3. The topological polar surface area (TPSA) is 85.8 Å². The molecule has 0 atom stereocenters. The molecule has 0 spiro atoms. The van der Waals surface area contributed by atoms with Crippen LogP contribution in [0.5, 0.6) is 5.75 Å². The Kier molecular flexibility index (Phi) is 6.54. The van der Waals surface area contributed by atoms with Crippen molar-refractivity contribution in [2.24, 2.45) is 0 Å². The molecule has 1 aromatic heterocycles. The third-order valence-corrected chi connectivity index (χ3v) is 7.94. The van der Waals surface area contributed by atoms with Crippen molar-refractivity contribution in [3.63, 3.8) is 0 Å². The van der Waals surface area contributed by atoms with E-state index in [9.17, 15) is 17.6 Å². The Hall–Kier alpha value is -2.82. The summed E-state index contributed by atoms with van der Waals surface area (Å²) in [6.07, 6.45) is 1.60. The van der Waals surface area contributed by atoms with Gasteiger partial charge in [0, 0.05) is 24.0 Å². The number of carbonyl (C=O) groups is 1. The molecule has 1 aliphatic heterocycles. The Morgan fingerprint density at radius 2 is 1.88 bits per heavy atom. The molecule has 10 heteroatoms. The third-order valence-electron chi connectivity index (χ3n) is 5.08. The number of ether oxygens (including phenoxy) is 2. The molecular formula is C22H21FN2O5S2. The maximum absolute atomic E-state index is 13.1. The lowest BCUT2D eigenvalue weighted by molar-refractivity contribution is 0.0468. The maximum Gasteiger partial charge on any atom is 0.338 e. The minimum atomic E-state index is -3.77. The monoisotopic (exact) mass is 476 g/mol. The molecule has 32 heavy (non-hydrogen) atoms. The Labute approximate surface area is 189 Å². The molecule has 168 valence electrons. The van der Waals surface area contributed by atoms with Gasteiger partial charge in [0.2, 0.25) is 10.0 Å². The number of rotatable bonds is 7. The molecule has 0 amide bonds. The van der Waals surface area contributed by atoms with E-state index >= 15 is 0 Å². The van der Waals surface area contributed by atoms with Gasteiger partial charge in [-0.05, 0) is 55.3 Å². The lowest BCUT2D eigenvalue weighted by Crippen LogP contribution is -2.28. The second kappa shape index (κ2) is 9.35. The number of nitrogens with zero attached hydrogens (tertiary/aromatic N) is 2. The minimum absolute atomic E-state index is 0.0522. The highest BCUT2D eigenvalue weighted by molar-refractivity contribution is 7.89. The van der Waals surface area contributed by atoms with Crippen LogP contribution in [0.3, 0.4) is 0 Å². The van der Waals surface area contributed by atoms with Gasteiger partial charge < -0.3 is 9.47 Å². The number of benzene rings is 2. The highest BCUT2D eigenvalue weighted by Gasteiger charge is 2.30. The fraction of sp³-hybridized carbons (Fsp3) is 0.273. The van der Waals surface area contributed by atoms with Gasteiger partial charge in [-0.2, -0.15) is 4.31 Å². The van der Waals surface area contributed by atoms with Crippen LogP contribution in [0.1, 0.15) is 28.9 Å². The number of esters is 1. The molecule has 1 fully saturated rings. The van der Waals surface area contributed by atoms with Crippen LogP contribution in [0.15, 0.2) is 52.7 Å². The fourth-order valence-electron chi connectivity index (χ4n) is 3.39. The zero-order valence-electron chi connectivity index (χ0n) is 17.3. The quantitative estimate of drug-likeness (QED) is 0.478. The molecule has 0 radical (unpaired) electrons. The molecule has 2 aromatic carbocycles. The Morgan fingerprint density at radius 3 is 2.56 bits per heavy atom. The van der Waals surface area contributed by atoms with Gasteiger partial charge in [-0.15, -0.1) is 11.3 Å². The van der Waals surface area contributed by atoms with E-state index < -0.39 is 16.0 Å². The highest BCUT2D eigenvalue weighted by Crippen LogP contribution is 2.30. The Bertz CT molecular complexity index is 1220. The SMILES string of the molecule is COc1ccc(C(=O)OCc2csc(-c3ccc(F)cc3)n2)cc1S(=O)(=O)N1CCCC1. The van der Waals surface area contributed by atoms with Crippen molar-refractivity contribution >= 4 is 27.3 Å². The van der Waals surface area contributed by atoms with E-state index in [1.807, 2.05) is 0 Å². The van der Waals surface area contributed by atoms with Gasteiger partial charge in [-0.3, -0.25) is 0 Å². The van der Waals surface area contributed by atoms with Crippen molar-refractivity contribution in [2.75, 3.05) is 20.2 Å².